The van der Waals surface area contributed by atoms with Crippen molar-refractivity contribution in [1.29, 1.82) is 0 Å². The first-order chi connectivity index (χ1) is 6.24. The molecule has 0 aliphatic carbocycles. The molecule has 1 aromatic heterocycles. The summed E-state index contributed by atoms with van der Waals surface area (Å²) < 4.78 is 2.82. The van der Waals surface area contributed by atoms with E-state index in [0.717, 1.165) is 5.33 Å². The van der Waals surface area contributed by atoms with Crippen molar-refractivity contribution in [2.75, 3.05) is 0 Å². The highest BCUT2D eigenvalue weighted by Gasteiger charge is 2.07. The van der Waals surface area contributed by atoms with E-state index in [1.54, 1.807) is 0 Å². The van der Waals surface area contributed by atoms with E-state index in [1.165, 1.54) is 24.8 Å². The maximum atomic E-state index is 3.52. The zero-order valence-corrected chi connectivity index (χ0v) is 11.7. The summed E-state index contributed by atoms with van der Waals surface area (Å²) in [5, 5.41) is 4.47. The maximum Gasteiger partial charge on any atom is 0.0479 e. The molecule has 0 aliphatic heterocycles. The third-order valence-corrected chi connectivity index (χ3v) is 5.45. The van der Waals surface area contributed by atoms with E-state index in [-0.39, 0.29) is 0 Å². The molecule has 0 saturated carbocycles. The van der Waals surface area contributed by atoms with Crippen LogP contribution in [-0.2, 0) is 5.33 Å². The molecule has 0 saturated heterocycles. The molecule has 0 unspecified atom stereocenters. The first kappa shape index (κ1) is 9.93. The van der Waals surface area contributed by atoms with Crippen molar-refractivity contribution < 1.29 is 0 Å². The van der Waals surface area contributed by atoms with Gasteiger partial charge in [0.2, 0.25) is 0 Å². The quantitative estimate of drug-likeness (QED) is 0.506. The average molecular weight is 367 g/mol. The van der Waals surface area contributed by atoms with Crippen molar-refractivity contribution >= 4 is 59.9 Å². The molecule has 0 radical (unpaired) electrons. The molecule has 2 aromatic rings. The number of hydrogen-bond acceptors (Lipinski definition) is 1. The highest BCUT2D eigenvalue weighted by molar-refractivity contribution is 14.1. The van der Waals surface area contributed by atoms with Crippen molar-refractivity contribution in [2.45, 2.75) is 12.3 Å². The highest BCUT2D eigenvalue weighted by Crippen LogP contribution is 2.31. The second-order valence-electron chi connectivity index (χ2n) is 2.95. The molecule has 0 spiro atoms. The van der Waals surface area contributed by atoms with Gasteiger partial charge >= 0.3 is 0 Å². The van der Waals surface area contributed by atoms with Crippen LogP contribution in [0.2, 0.25) is 0 Å². The predicted octanol–water partition coefficient (Wildman–Crippen LogP) is 4.71. The molecule has 0 atom stereocenters. The summed E-state index contributed by atoms with van der Waals surface area (Å²) in [5.74, 6) is 0. The Morgan fingerprint density at radius 3 is 3.00 bits per heavy atom. The van der Waals surface area contributed by atoms with Gasteiger partial charge in [-0.3, -0.25) is 0 Å². The molecule has 0 amide bonds. The van der Waals surface area contributed by atoms with Crippen LogP contribution >= 0.6 is 49.9 Å². The van der Waals surface area contributed by atoms with Gasteiger partial charge in [0.25, 0.3) is 0 Å². The fourth-order valence-electron chi connectivity index (χ4n) is 1.36. The van der Waals surface area contributed by atoms with Crippen LogP contribution in [0.25, 0.3) is 10.1 Å². The Hall–Kier alpha value is 0.390. The van der Waals surface area contributed by atoms with Crippen LogP contribution in [-0.4, -0.2) is 0 Å². The predicted molar refractivity (Wildman–Crippen MR) is 71.9 cm³/mol. The van der Waals surface area contributed by atoms with Crippen LogP contribution < -0.4 is 0 Å². The Bertz CT molecular complexity index is 447. The van der Waals surface area contributed by atoms with E-state index >= 15 is 0 Å². The lowest BCUT2D eigenvalue weighted by Gasteiger charge is -2.05. The highest BCUT2D eigenvalue weighted by atomic mass is 127. The van der Waals surface area contributed by atoms with Gasteiger partial charge in [0.05, 0.1) is 0 Å². The third-order valence-electron chi connectivity index (χ3n) is 2.18. The van der Waals surface area contributed by atoms with Crippen LogP contribution in [0.4, 0.5) is 0 Å². The number of fused-ring (bicyclic) bond motifs is 1. The number of rotatable bonds is 1. The topological polar surface area (TPSA) is 0 Å². The van der Waals surface area contributed by atoms with E-state index in [0.29, 0.717) is 0 Å². The molecule has 0 nitrogen and oxygen atoms in total. The lowest BCUT2D eigenvalue weighted by atomic mass is 10.1. The van der Waals surface area contributed by atoms with Crippen molar-refractivity contribution in [3.8, 4) is 0 Å². The number of thiophene rings is 1. The minimum Gasteiger partial charge on any atom is -0.143 e. The summed E-state index contributed by atoms with van der Waals surface area (Å²) in [6, 6.07) is 4.46. The normalized spacial score (nSPS) is 11.0. The number of halogens is 2. The molecule has 13 heavy (non-hydrogen) atoms. The van der Waals surface area contributed by atoms with Crippen molar-refractivity contribution in [3.63, 3.8) is 0 Å². The van der Waals surface area contributed by atoms with E-state index in [1.807, 2.05) is 11.3 Å². The smallest absolute Gasteiger partial charge is 0.0479 e. The molecule has 1 aromatic carbocycles. The van der Waals surface area contributed by atoms with Crippen LogP contribution in [0, 0.1) is 10.5 Å². The van der Waals surface area contributed by atoms with E-state index in [2.05, 4.69) is 63.0 Å². The average Bonchev–Trinajstić information content (AvgIpc) is 2.59. The van der Waals surface area contributed by atoms with Gasteiger partial charge in [0.1, 0.15) is 0 Å². The molecule has 2 rings (SSSR count). The summed E-state index contributed by atoms with van der Waals surface area (Å²) in [4.78, 5) is 0. The SMILES string of the molecule is Cc1c(CBr)cc2ccsc2c1I. The third kappa shape index (κ3) is 1.66. The Balaban J connectivity index is 2.83. The van der Waals surface area contributed by atoms with Gasteiger partial charge in [-0.2, -0.15) is 0 Å². The van der Waals surface area contributed by atoms with Gasteiger partial charge in [0, 0.05) is 13.6 Å². The van der Waals surface area contributed by atoms with E-state index in [9.17, 15) is 0 Å². The molecule has 1 heterocycles. The van der Waals surface area contributed by atoms with Crippen molar-refractivity contribution in [3.05, 3.63) is 32.2 Å². The van der Waals surface area contributed by atoms with Crippen molar-refractivity contribution in [1.82, 2.24) is 0 Å². The van der Waals surface area contributed by atoms with Crippen LogP contribution in [0.5, 0.6) is 0 Å². The summed E-state index contributed by atoms with van der Waals surface area (Å²) in [7, 11) is 0. The Labute approximate surface area is 104 Å². The largest absolute Gasteiger partial charge is 0.143 e. The zero-order valence-electron chi connectivity index (χ0n) is 7.10. The lowest BCUT2D eigenvalue weighted by Crippen LogP contribution is -1.88. The standard InChI is InChI=1S/C10H8BrIS/c1-6-8(5-11)4-7-2-3-13-10(7)9(6)12/h2-4H,5H2,1H3. The zero-order chi connectivity index (χ0) is 9.42. The number of benzene rings is 1. The van der Waals surface area contributed by atoms with Gasteiger partial charge in [-0.15, -0.1) is 11.3 Å². The monoisotopic (exact) mass is 366 g/mol. The second-order valence-corrected chi connectivity index (χ2v) is 5.50. The number of alkyl halides is 1. The van der Waals surface area contributed by atoms with Gasteiger partial charge in [-0.05, 0) is 63.5 Å². The molecule has 0 bridgehead atoms. The fraction of sp³-hybridized carbons (Fsp3) is 0.200. The lowest BCUT2D eigenvalue weighted by molar-refractivity contribution is 1.33. The molecular weight excluding hydrogens is 359 g/mol. The Morgan fingerprint density at radius 2 is 2.31 bits per heavy atom. The Kier molecular flexibility index (Phi) is 2.95. The minimum absolute atomic E-state index is 0.945. The van der Waals surface area contributed by atoms with Gasteiger partial charge < -0.3 is 0 Å². The van der Waals surface area contributed by atoms with Crippen molar-refractivity contribution in [2.24, 2.45) is 0 Å². The van der Waals surface area contributed by atoms with Gasteiger partial charge in [-0.1, -0.05) is 15.9 Å². The summed E-state index contributed by atoms with van der Waals surface area (Å²) >= 11 is 7.78. The first-order valence-electron chi connectivity index (χ1n) is 3.95. The second kappa shape index (κ2) is 3.87. The fourth-order valence-corrected chi connectivity index (χ4v) is 3.85. The molecule has 0 N–H and O–H groups in total. The number of hydrogen-bond donors (Lipinski definition) is 0. The maximum absolute atomic E-state index is 3.52. The summed E-state index contributed by atoms with van der Waals surface area (Å²) in [5.41, 5.74) is 2.81. The van der Waals surface area contributed by atoms with Crippen LogP contribution in [0.1, 0.15) is 11.1 Å². The summed E-state index contributed by atoms with van der Waals surface area (Å²) in [6.07, 6.45) is 0. The molecule has 3 heteroatoms. The molecular formula is C10H8BrIS. The molecule has 0 aliphatic rings. The summed E-state index contributed by atoms with van der Waals surface area (Å²) in [6.45, 7) is 2.19. The minimum atomic E-state index is 0.945. The van der Waals surface area contributed by atoms with Crippen LogP contribution in [0.15, 0.2) is 17.5 Å². The Morgan fingerprint density at radius 1 is 1.54 bits per heavy atom. The van der Waals surface area contributed by atoms with Gasteiger partial charge in [0.15, 0.2) is 0 Å². The first-order valence-corrected chi connectivity index (χ1v) is 7.03. The molecule has 0 fully saturated rings. The van der Waals surface area contributed by atoms with Crippen LogP contribution in [0.3, 0.4) is 0 Å². The van der Waals surface area contributed by atoms with Gasteiger partial charge in [-0.25, -0.2) is 0 Å². The van der Waals surface area contributed by atoms with E-state index < -0.39 is 0 Å². The van der Waals surface area contributed by atoms with E-state index in [4.69, 9.17) is 0 Å². The molecule has 68 valence electrons.